The third-order valence-corrected chi connectivity index (χ3v) is 5.89. The summed E-state index contributed by atoms with van der Waals surface area (Å²) in [6, 6.07) is 9.33. The van der Waals surface area contributed by atoms with Crippen molar-refractivity contribution in [2.45, 2.75) is 19.9 Å². The van der Waals surface area contributed by atoms with Crippen molar-refractivity contribution in [1.29, 1.82) is 0 Å². The lowest BCUT2D eigenvalue weighted by Gasteiger charge is -2.31. The number of hydrogen-bond donors (Lipinski definition) is 0. The molecule has 0 unspecified atom stereocenters. The lowest BCUT2D eigenvalue weighted by Crippen LogP contribution is -2.37. The average molecular weight is 363 g/mol. The Morgan fingerprint density at radius 3 is 2.68 bits per heavy atom. The predicted molar refractivity (Wildman–Crippen MR) is 92.6 cm³/mol. The van der Waals surface area contributed by atoms with Gasteiger partial charge in [0, 0.05) is 0 Å². The first-order valence-electron chi connectivity index (χ1n) is 7.78. The van der Waals surface area contributed by atoms with Crippen molar-refractivity contribution in [2.24, 2.45) is 0 Å². The van der Waals surface area contributed by atoms with Gasteiger partial charge in [-0.2, -0.15) is 0 Å². The van der Waals surface area contributed by atoms with Crippen LogP contribution in [0.3, 0.4) is 0 Å². The van der Waals surface area contributed by atoms with Crippen LogP contribution in [0, 0.1) is 12.7 Å². The highest BCUT2D eigenvalue weighted by Crippen LogP contribution is 2.32. The van der Waals surface area contributed by atoms with Gasteiger partial charge in [0.15, 0.2) is 0 Å². The van der Waals surface area contributed by atoms with Crippen LogP contribution in [0.1, 0.15) is 27.0 Å². The van der Waals surface area contributed by atoms with Crippen LogP contribution in [0.25, 0.3) is 0 Å². The molecule has 2 aromatic rings. The Bertz CT molecular complexity index is 920. The van der Waals surface area contributed by atoms with Crippen molar-refractivity contribution >= 4 is 21.7 Å². The molecule has 0 saturated heterocycles. The van der Waals surface area contributed by atoms with Crippen molar-refractivity contribution in [3.63, 3.8) is 0 Å². The van der Waals surface area contributed by atoms with E-state index in [9.17, 15) is 17.6 Å². The molecule has 0 N–H and O–H groups in total. The standard InChI is InChI=1S/C18H18FNO4S/c1-12-7-13(9-16(19)8-12)11-20-17-10-15(18(21)24-2)4-3-14(17)5-6-25(20,22)23/h3-4,7-10H,5-6,11H2,1-2H3. The van der Waals surface area contributed by atoms with Crippen molar-refractivity contribution in [1.82, 2.24) is 0 Å². The quantitative estimate of drug-likeness (QED) is 0.787. The average Bonchev–Trinajstić information content (AvgIpc) is 2.55. The maximum absolute atomic E-state index is 13.7. The third-order valence-electron chi connectivity index (χ3n) is 4.17. The molecule has 0 atom stereocenters. The van der Waals surface area contributed by atoms with Crippen LogP contribution >= 0.6 is 0 Å². The van der Waals surface area contributed by atoms with Gasteiger partial charge in [-0.3, -0.25) is 4.31 Å². The first-order chi connectivity index (χ1) is 11.8. The Kier molecular flexibility index (Phi) is 4.51. The number of aryl methyl sites for hydroxylation is 2. The highest BCUT2D eigenvalue weighted by molar-refractivity contribution is 7.92. The van der Waals surface area contributed by atoms with E-state index in [-0.39, 0.29) is 17.9 Å². The summed E-state index contributed by atoms with van der Waals surface area (Å²) in [6.45, 7) is 1.76. The SMILES string of the molecule is COC(=O)c1ccc2c(c1)N(Cc1cc(C)cc(F)c1)S(=O)(=O)CC2. The van der Waals surface area contributed by atoms with Crippen molar-refractivity contribution < 1.29 is 22.3 Å². The highest BCUT2D eigenvalue weighted by Gasteiger charge is 2.30. The minimum Gasteiger partial charge on any atom is -0.465 e. The fourth-order valence-electron chi connectivity index (χ4n) is 3.00. The summed E-state index contributed by atoms with van der Waals surface area (Å²) < 4.78 is 44.8. The monoisotopic (exact) mass is 363 g/mol. The fraction of sp³-hybridized carbons (Fsp3) is 0.278. The van der Waals surface area contributed by atoms with E-state index in [4.69, 9.17) is 4.74 Å². The molecule has 0 saturated carbocycles. The summed E-state index contributed by atoms with van der Waals surface area (Å²) in [6.07, 6.45) is 0.373. The summed E-state index contributed by atoms with van der Waals surface area (Å²) in [4.78, 5) is 11.8. The van der Waals surface area contributed by atoms with Gasteiger partial charge in [0.2, 0.25) is 10.0 Å². The summed E-state index contributed by atoms with van der Waals surface area (Å²) in [5, 5.41) is 0. The number of nitrogens with zero attached hydrogens (tertiary/aromatic N) is 1. The number of esters is 1. The third kappa shape index (κ3) is 3.51. The summed E-state index contributed by atoms with van der Waals surface area (Å²) in [5.74, 6) is -0.966. The number of hydrogen-bond acceptors (Lipinski definition) is 4. The predicted octanol–water partition coefficient (Wildman–Crippen LogP) is 2.81. The molecule has 1 aliphatic rings. The fourth-order valence-corrected chi connectivity index (χ4v) is 4.52. The summed E-state index contributed by atoms with van der Waals surface area (Å²) in [5.41, 5.74) is 2.82. The van der Waals surface area contributed by atoms with E-state index in [0.717, 1.165) is 5.56 Å². The number of carbonyl (C=O) groups is 1. The second kappa shape index (κ2) is 6.48. The first-order valence-corrected chi connectivity index (χ1v) is 9.39. The van der Waals surface area contributed by atoms with Gasteiger partial charge in [0.25, 0.3) is 0 Å². The zero-order chi connectivity index (χ0) is 18.2. The topological polar surface area (TPSA) is 63.7 Å². The molecule has 0 bridgehead atoms. The van der Waals surface area contributed by atoms with Crippen molar-refractivity contribution in [2.75, 3.05) is 17.2 Å². The molecule has 25 heavy (non-hydrogen) atoms. The largest absolute Gasteiger partial charge is 0.465 e. The molecule has 132 valence electrons. The number of rotatable bonds is 3. The Balaban J connectivity index is 2.07. The summed E-state index contributed by atoms with van der Waals surface area (Å²) >= 11 is 0. The molecule has 2 aromatic carbocycles. The Labute approximate surface area is 146 Å². The summed E-state index contributed by atoms with van der Waals surface area (Å²) in [7, 11) is -2.28. The molecule has 1 aliphatic heterocycles. The number of halogens is 1. The number of fused-ring (bicyclic) bond motifs is 1. The first kappa shape index (κ1) is 17.4. The van der Waals surface area contributed by atoms with Gasteiger partial charge in [-0.05, 0) is 54.3 Å². The number of benzene rings is 2. The Hall–Kier alpha value is -2.41. The second-order valence-corrected chi connectivity index (χ2v) is 8.06. The van der Waals surface area contributed by atoms with E-state index in [1.807, 2.05) is 0 Å². The number of sulfonamides is 1. The minimum atomic E-state index is -3.55. The van der Waals surface area contributed by atoms with Crippen LogP contribution in [0.2, 0.25) is 0 Å². The molecule has 0 spiro atoms. The zero-order valence-corrected chi connectivity index (χ0v) is 14.8. The van der Waals surface area contributed by atoms with Crippen LogP contribution in [0.5, 0.6) is 0 Å². The van der Waals surface area contributed by atoms with E-state index in [0.29, 0.717) is 23.2 Å². The zero-order valence-electron chi connectivity index (χ0n) is 14.0. The smallest absolute Gasteiger partial charge is 0.337 e. The van der Waals surface area contributed by atoms with Gasteiger partial charge >= 0.3 is 5.97 Å². The van der Waals surface area contributed by atoms with E-state index in [2.05, 4.69) is 0 Å². The lowest BCUT2D eigenvalue weighted by molar-refractivity contribution is 0.0600. The molecule has 0 fully saturated rings. The minimum absolute atomic E-state index is 0.0125. The molecular weight excluding hydrogens is 345 g/mol. The van der Waals surface area contributed by atoms with Gasteiger partial charge in [-0.25, -0.2) is 17.6 Å². The molecule has 3 rings (SSSR count). The van der Waals surface area contributed by atoms with Crippen LogP contribution < -0.4 is 4.31 Å². The van der Waals surface area contributed by atoms with E-state index >= 15 is 0 Å². The molecule has 5 nitrogen and oxygen atoms in total. The Morgan fingerprint density at radius 1 is 1.24 bits per heavy atom. The van der Waals surface area contributed by atoms with E-state index in [1.54, 1.807) is 25.1 Å². The van der Waals surface area contributed by atoms with Gasteiger partial charge in [0.1, 0.15) is 5.82 Å². The maximum Gasteiger partial charge on any atom is 0.337 e. The molecule has 0 aromatic heterocycles. The van der Waals surface area contributed by atoms with Crippen LogP contribution in [-0.4, -0.2) is 27.2 Å². The molecule has 0 amide bonds. The van der Waals surface area contributed by atoms with Gasteiger partial charge in [-0.15, -0.1) is 0 Å². The maximum atomic E-state index is 13.7. The molecule has 0 aliphatic carbocycles. The van der Waals surface area contributed by atoms with Gasteiger partial charge in [-0.1, -0.05) is 12.1 Å². The number of anilines is 1. The molecule has 0 radical (unpaired) electrons. The second-order valence-electron chi connectivity index (χ2n) is 6.04. The normalized spacial score (nSPS) is 15.6. The van der Waals surface area contributed by atoms with Crippen molar-refractivity contribution in [3.05, 3.63) is 64.5 Å². The van der Waals surface area contributed by atoms with Gasteiger partial charge in [0.05, 0.1) is 30.7 Å². The van der Waals surface area contributed by atoms with Crippen molar-refractivity contribution in [3.8, 4) is 0 Å². The van der Waals surface area contributed by atoms with E-state index in [1.165, 1.54) is 29.6 Å². The Morgan fingerprint density at radius 2 is 2.00 bits per heavy atom. The number of methoxy groups -OCH3 is 1. The van der Waals surface area contributed by atoms with E-state index < -0.39 is 21.8 Å². The number of ether oxygens (including phenoxy) is 1. The number of carbonyl (C=O) groups excluding carboxylic acids is 1. The van der Waals surface area contributed by atoms with Crippen LogP contribution in [0.4, 0.5) is 10.1 Å². The molecule has 1 heterocycles. The highest BCUT2D eigenvalue weighted by atomic mass is 32.2. The van der Waals surface area contributed by atoms with Gasteiger partial charge < -0.3 is 4.74 Å². The lowest BCUT2D eigenvalue weighted by atomic mass is 10.1. The molecule has 7 heteroatoms. The molecular formula is C18H18FNO4S. The van der Waals surface area contributed by atoms with Crippen LogP contribution in [-0.2, 0) is 27.7 Å². The van der Waals surface area contributed by atoms with Crippen LogP contribution in [0.15, 0.2) is 36.4 Å².